The second-order valence-corrected chi connectivity index (χ2v) is 4.79. The van der Waals surface area contributed by atoms with Crippen molar-refractivity contribution in [2.24, 2.45) is 5.92 Å². The summed E-state index contributed by atoms with van der Waals surface area (Å²) in [6.07, 6.45) is 8.94. The van der Waals surface area contributed by atoms with Crippen molar-refractivity contribution in [3.63, 3.8) is 0 Å². The smallest absolute Gasteiger partial charge is 0.0379 e. The van der Waals surface area contributed by atoms with Crippen LogP contribution in [0.4, 0.5) is 0 Å². The predicted octanol–water partition coefficient (Wildman–Crippen LogP) is 3.58. The van der Waals surface area contributed by atoms with Crippen LogP contribution in [0.3, 0.4) is 0 Å². The van der Waals surface area contributed by atoms with Crippen molar-refractivity contribution in [3.8, 4) is 0 Å². The minimum Gasteiger partial charge on any atom is -0.380 e. The molecule has 1 atom stereocenters. The van der Waals surface area contributed by atoms with E-state index in [0.717, 1.165) is 6.42 Å². The summed E-state index contributed by atoms with van der Waals surface area (Å²) in [6, 6.07) is 0. The lowest BCUT2D eigenvalue weighted by atomic mass is 9.80. The summed E-state index contributed by atoms with van der Waals surface area (Å²) in [7, 11) is 0. The molecule has 1 unspecified atom stereocenters. The molecule has 0 saturated carbocycles. The second kappa shape index (κ2) is 4.52. The van der Waals surface area contributed by atoms with Crippen LogP contribution in [0, 0.1) is 5.92 Å². The van der Waals surface area contributed by atoms with Gasteiger partial charge in [0.05, 0.1) is 0 Å². The molecule has 1 aliphatic rings. The van der Waals surface area contributed by atoms with Gasteiger partial charge in [-0.05, 0) is 37.8 Å². The number of hydrogen-bond donors (Lipinski definition) is 1. The van der Waals surface area contributed by atoms with Crippen LogP contribution in [-0.4, -0.2) is 5.54 Å². The van der Waals surface area contributed by atoms with Gasteiger partial charge in [-0.3, -0.25) is 0 Å². The lowest BCUT2D eigenvalue weighted by Gasteiger charge is -2.39. The van der Waals surface area contributed by atoms with Gasteiger partial charge in [0, 0.05) is 11.2 Å². The number of allylic oxidation sites excluding steroid dienone is 5. The Hall–Kier alpha value is -1.24. The largest absolute Gasteiger partial charge is 0.380 e. The summed E-state index contributed by atoms with van der Waals surface area (Å²) in [4.78, 5) is 0. The number of piperidine rings is 1. The van der Waals surface area contributed by atoms with Gasteiger partial charge >= 0.3 is 0 Å². The molecule has 15 heavy (non-hydrogen) atoms. The average Bonchev–Trinajstić information content (AvgIpc) is 2.10. The van der Waals surface area contributed by atoms with Crippen molar-refractivity contribution in [2.45, 2.75) is 32.7 Å². The first-order chi connectivity index (χ1) is 7.00. The van der Waals surface area contributed by atoms with Gasteiger partial charge in [-0.15, -0.1) is 0 Å². The fourth-order valence-corrected chi connectivity index (χ4v) is 2.27. The van der Waals surface area contributed by atoms with Gasteiger partial charge in [0.15, 0.2) is 0 Å². The predicted molar refractivity (Wildman–Crippen MR) is 67.6 cm³/mol. The van der Waals surface area contributed by atoms with Crippen LogP contribution in [-0.2, 0) is 0 Å². The molecule has 1 aliphatic heterocycles. The lowest BCUT2D eigenvalue weighted by Crippen LogP contribution is -2.45. The molecular formula is C14H21N. The molecule has 0 aromatic carbocycles. The van der Waals surface area contributed by atoms with E-state index in [2.05, 4.69) is 45.3 Å². The zero-order valence-corrected chi connectivity index (χ0v) is 10.0. The molecular weight excluding hydrogens is 182 g/mol. The summed E-state index contributed by atoms with van der Waals surface area (Å²) < 4.78 is 0. The molecule has 0 aromatic rings. The average molecular weight is 203 g/mol. The van der Waals surface area contributed by atoms with Crippen LogP contribution in [0.15, 0.2) is 48.7 Å². The Morgan fingerprint density at radius 2 is 1.87 bits per heavy atom. The number of hydrogen-bond acceptors (Lipinski definition) is 1. The van der Waals surface area contributed by atoms with Crippen LogP contribution in [0.1, 0.15) is 27.2 Å². The van der Waals surface area contributed by atoms with Crippen molar-refractivity contribution in [2.75, 3.05) is 0 Å². The van der Waals surface area contributed by atoms with Gasteiger partial charge in [0.1, 0.15) is 0 Å². The summed E-state index contributed by atoms with van der Waals surface area (Å²) in [5, 5.41) is 3.53. The highest BCUT2D eigenvalue weighted by Gasteiger charge is 2.30. The summed E-state index contributed by atoms with van der Waals surface area (Å²) in [6.45, 7) is 14.2. The highest BCUT2D eigenvalue weighted by molar-refractivity contribution is 5.39. The number of nitrogens with one attached hydrogen (secondary N) is 1. The minimum atomic E-state index is 0.159. The second-order valence-electron chi connectivity index (χ2n) is 4.79. The SMILES string of the molecule is C=CC=C1/C(=C\C=C)NC(C)(C)CC1C. The fourth-order valence-electron chi connectivity index (χ4n) is 2.27. The van der Waals surface area contributed by atoms with E-state index in [0.29, 0.717) is 5.92 Å². The van der Waals surface area contributed by atoms with Crippen molar-refractivity contribution in [1.82, 2.24) is 5.32 Å². The third-order valence-electron chi connectivity index (χ3n) is 2.71. The Morgan fingerprint density at radius 3 is 2.40 bits per heavy atom. The molecule has 0 bridgehead atoms. The zero-order valence-electron chi connectivity index (χ0n) is 10.0. The minimum absolute atomic E-state index is 0.159. The van der Waals surface area contributed by atoms with E-state index in [1.807, 2.05) is 18.2 Å². The summed E-state index contributed by atoms with van der Waals surface area (Å²) in [5.41, 5.74) is 2.66. The van der Waals surface area contributed by atoms with E-state index in [1.54, 1.807) is 0 Å². The molecule has 1 heteroatoms. The first kappa shape index (κ1) is 11.8. The van der Waals surface area contributed by atoms with E-state index in [-0.39, 0.29) is 5.54 Å². The first-order valence-corrected chi connectivity index (χ1v) is 5.44. The Balaban J connectivity index is 3.06. The van der Waals surface area contributed by atoms with Gasteiger partial charge in [-0.2, -0.15) is 0 Å². The molecule has 1 saturated heterocycles. The monoisotopic (exact) mass is 203 g/mol. The van der Waals surface area contributed by atoms with Gasteiger partial charge in [-0.25, -0.2) is 0 Å². The maximum absolute atomic E-state index is 3.76. The summed E-state index contributed by atoms with van der Waals surface area (Å²) in [5.74, 6) is 0.561. The van der Waals surface area contributed by atoms with E-state index in [9.17, 15) is 0 Å². The van der Waals surface area contributed by atoms with E-state index >= 15 is 0 Å². The van der Waals surface area contributed by atoms with Crippen LogP contribution < -0.4 is 5.32 Å². The molecule has 0 aliphatic carbocycles. The third-order valence-corrected chi connectivity index (χ3v) is 2.71. The standard InChI is InChI=1S/C14H21N/c1-6-8-12-11(3)10-14(4,5)15-13(12)9-7-2/h6-9,11,15H,1-2,10H2,3-5H3/b12-8?,13-9+. The van der Waals surface area contributed by atoms with Crippen molar-refractivity contribution < 1.29 is 0 Å². The molecule has 1 N–H and O–H groups in total. The van der Waals surface area contributed by atoms with Crippen molar-refractivity contribution >= 4 is 0 Å². The Kier molecular flexibility index (Phi) is 3.57. The van der Waals surface area contributed by atoms with E-state index < -0.39 is 0 Å². The van der Waals surface area contributed by atoms with E-state index in [1.165, 1.54) is 11.3 Å². The Morgan fingerprint density at radius 1 is 1.27 bits per heavy atom. The van der Waals surface area contributed by atoms with E-state index in [4.69, 9.17) is 0 Å². The molecule has 1 rings (SSSR count). The van der Waals surface area contributed by atoms with Crippen LogP contribution >= 0.6 is 0 Å². The lowest BCUT2D eigenvalue weighted by molar-refractivity contribution is 0.322. The zero-order chi connectivity index (χ0) is 11.5. The number of rotatable bonds is 2. The molecule has 82 valence electrons. The maximum Gasteiger partial charge on any atom is 0.0379 e. The van der Waals surface area contributed by atoms with Crippen molar-refractivity contribution in [3.05, 3.63) is 48.7 Å². The highest BCUT2D eigenvalue weighted by Crippen LogP contribution is 2.33. The Bertz CT molecular complexity index is 318. The third kappa shape index (κ3) is 2.85. The van der Waals surface area contributed by atoms with Crippen molar-refractivity contribution in [1.29, 1.82) is 0 Å². The summed E-state index contributed by atoms with van der Waals surface area (Å²) >= 11 is 0. The van der Waals surface area contributed by atoms with Gasteiger partial charge in [0.25, 0.3) is 0 Å². The normalized spacial score (nSPS) is 29.9. The molecule has 0 amide bonds. The van der Waals surface area contributed by atoms with Gasteiger partial charge in [-0.1, -0.05) is 38.3 Å². The Labute approximate surface area is 93.3 Å². The van der Waals surface area contributed by atoms with Crippen LogP contribution in [0.2, 0.25) is 0 Å². The van der Waals surface area contributed by atoms with Gasteiger partial charge in [0.2, 0.25) is 0 Å². The molecule has 0 radical (unpaired) electrons. The van der Waals surface area contributed by atoms with Crippen LogP contribution in [0.5, 0.6) is 0 Å². The fraction of sp³-hybridized carbons (Fsp3) is 0.429. The molecule has 1 heterocycles. The molecule has 1 fully saturated rings. The quantitative estimate of drug-likeness (QED) is 0.723. The molecule has 0 aromatic heterocycles. The van der Waals surface area contributed by atoms with Gasteiger partial charge < -0.3 is 5.32 Å². The highest BCUT2D eigenvalue weighted by atomic mass is 15.0. The molecule has 1 nitrogen and oxygen atoms in total. The topological polar surface area (TPSA) is 12.0 Å². The first-order valence-electron chi connectivity index (χ1n) is 5.44. The molecule has 0 spiro atoms. The maximum atomic E-state index is 3.76. The van der Waals surface area contributed by atoms with Crippen LogP contribution in [0.25, 0.3) is 0 Å².